The normalized spacial score (nSPS) is 23.5. The fraction of sp³-hybridized carbons (Fsp3) is 0.538. The van der Waals surface area contributed by atoms with Crippen molar-refractivity contribution < 1.29 is 8.78 Å². The molecular weight excluding hydrogens is 222 g/mol. The lowest BCUT2D eigenvalue weighted by molar-refractivity contribution is 0.0477. The third-order valence-corrected chi connectivity index (χ3v) is 3.75. The summed E-state index contributed by atoms with van der Waals surface area (Å²) < 4.78 is 26.0. The topological polar surface area (TPSA) is 29.3 Å². The Balaban J connectivity index is 1.61. The first kappa shape index (κ1) is 11.1. The zero-order chi connectivity index (χ0) is 12.0. The molecule has 0 unspecified atom stereocenters. The van der Waals surface area contributed by atoms with Crippen LogP contribution in [0.5, 0.6) is 0 Å². The number of rotatable bonds is 3. The van der Waals surface area contributed by atoms with Gasteiger partial charge in [0.25, 0.3) is 0 Å². The number of nitrogens with two attached hydrogens (primary N) is 1. The van der Waals surface area contributed by atoms with Crippen molar-refractivity contribution in [3.8, 4) is 0 Å². The Hall–Kier alpha value is -1.00. The van der Waals surface area contributed by atoms with Crippen molar-refractivity contribution in [3.63, 3.8) is 0 Å². The highest BCUT2D eigenvalue weighted by Crippen LogP contribution is 2.43. The summed E-state index contributed by atoms with van der Waals surface area (Å²) in [7, 11) is 0. The Morgan fingerprint density at radius 1 is 1.18 bits per heavy atom. The fourth-order valence-corrected chi connectivity index (χ4v) is 2.77. The lowest BCUT2D eigenvalue weighted by Gasteiger charge is -2.48. The zero-order valence-corrected chi connectivity index (χ0v) is 9.63. The van der Waals surface area contributed by atoms with E-state index in [9.17, 15) is 8.78 Å². The minimum absolute atomic E-state index is 0.0358. The maximum Gasteiger partial charge on any atom is 0.126 e. The van der Waals surface area contributed by atoms with E-state index in [1.807, 2.05) is 0 Å². The summed E-state index contributed by atoms with van der Waals surface area (Å²) >= 11 is 0. The van der Waals surface area contributed by atoms with E-state index in [0.29, 0.717) is 18.0 Å². The van der Waals surface area contributed by atoms with E-state index in [1.54, 1.807) is 0 Å². The van der Waals surface area contributed by atoms with E-state index in [4.69, 9.17) is 5.73 Å². The smallest absolute Gasteiger partial charge is 0.126 e. The van der Waals surface area contributed by atoms with Gasteiger partial charge in [-0.05, 0) is 36.5 Å². The van der Waals surface area contributed by atoms with E-state index >= 15 is 0 Å². The molecule has 0 atom stereocenters. The molecule has 2 N–H and O–H groups in total. The number of hydrogen-bond acceptors (Lipinski definition) is 2. The van der Waals surface area contributed by atoms with E-state index < -0.39 is 11.6 Å². The van der Waals surface area contributed by atoms with Crippen LogP contribution in [0.25, 0.3) is 0 Å². The van der Waals surface area contributed by atoms with Crippen LogP contribution in [0.3, 0.4) is 0 Å². The highest BCUT2D eigenvalue weighted by molar-refractivity contribution is 5.19. The third kappa shape index (κ3) is 2.19. The lowest BCUT2D eigenvalue weighted by Crippen LogP contribution is -2.68. The SMILES string of the molecule is NC1(C2CC2)CN(Cc2cc(F)cc(F)c2)C1. The van der Waals surface area contributed by atoms with Gasteiger partial charge in [-0.2, -0.15) is 0 Å². The van der Waals surface area contributed by atoms with Crippen LogP contribution in [0.1, 0.15) is 18.4 Å². The van der Waals surface area contributed by atoms with Crippen molar-refractivity contribution in [1.82, 2.24) is 4.90 Å². The van der Waals surface area contributed by atoms with E-state index in [-0.39, 0.29) is 5.54 Å². The van der Waals surface area contributed by atoms with Crippen LogP contribution in [0.4, 0.5) is 8.78 Å². The van der Waals surface area contributed by atoms with Gasteiger partial charge >= 0.3 is 0 Å². The Kier molecular flexibility index (Phi) is 2.45. The summed E-state index contributed by atoms with van der Waals surface area (Å²) in [5, 5.41) is 0. The molecule has 2 fully saturated rings. The van der Waals surface area contributed by atoms with Gasteiger partial charge in [0.2, 0.25) is 0 Å². The molecule has 1 aliphatic carbocycles. The number of benzene rings is 1. The maximum atomic E-state index is 13.0. The van der Waals surface area contributed by atoms with Crippen LogP contribution in [-0.4, -0.2) is 23.5 Å². The molecule has 1 aromatic carbocycles. The number of halogens is 2. The molecule has 4 heteroatoms. The summed E-state index contributed by atoms with van der Waals surface area (Å²) in [6.07, 6.45) is 2.47. The monoisotopic (exact) mass is 238 g/mol. The maximum absolute atomic E-state index is 13.0. The van der Waals surface area contributed by atoms with Crippen LogP contribution in [0.15, 0.2) is 18.2 Å². The van der Waals surface area contributed by atoms with Crippen LogP contribution in [-0.2, 0) is 6.54 Å². The highest BCUT2D eigenvalue weighted by Gasteiger charge is 2.49. The first-order valence-electron chi connectivity index (χ1n) is 6.01. The Morgan fingerprint density at radius 3 is 2.29 bits per heavy atom. The molecule has 92 valence electrons. The van der Waals surface area contributed by atoms with Gasteiger partial charge in [0.15, 0.2) is 0 Å². The molecule has 0 bridgehead atoms. The second-order valence-electron chi connectivity index (χ2n) is 5.43. The third-order valence-electron chi connectivity index (χ3n) is 3.75. The molecule has 1 saturated heterocycles. The summed E-state index contributed by atoms with van der Waals surface area (Å²) in [5.41, 5.74) is 6.87. The van der Waals surface area contributed by atoms with Crippen molar-refractivity contribution in [2.75, 3.05) is 13.1 Å². The molecule has 2 nitrogen and oxygen atoms in total. The summed E-state index contributed by atoms with van der Waals surface area (Å²) in [6.45, 7) is 2.27. The lowest BCUT2D eigenvalue weighted by atomic mass is 9.85. The summed E-state index contributed by atoms with van der Waals surface area (Å²) in [6, 6.07) is 3.67. The van der Waals surface area contributed by atoms with Crippen molar-refractivity contribution in [3.05, 3.63) is 35.4 Å². The average molecular weight is 238 g/mol. The summed E-state index contributed by atoms with van der Waals surface area (Å²) in [5.74, 6) is -0.355. The van der Waals surface area contributed by atoms with Gasteiger partial charge in [-0.1, -0.05) is 0 Å². The van der Waals surface area contributed by atoms with Gasteiger partial charge < -0.3 is 5.73 Å². The quantitative estimate of drug-likeness (QED) is 0.871. The standard InChI is InChI=1S/C13H16F2N2/c14-11-3-9(4-12(15)5-11)6-17-7-13(16,8-17)10-1-2-10/h3-5,10H,1-2,6-8,16H2. The average Bonchev–Trinajstić information content (AvgIpc) is 2.95. The van der Waals surface area contributed by atoms with E-state index in [0.717, 1.165) is 19.2 Å². The number of likely N-dealkylation sites (tertiary alicyclic amines) is 1. The van der Waals surface area contributed by atoms with Crippen molar-refractivity contribution in [2.24, 2.45) is 11.7 Å². The molecule has 1 aliphatic heterocycles. The van der Waals surface area contributed by atoms with Gasteiger partial charge in [0, 0.05) is 31.2 Å². The highest BCUT2D eigenvalue weighted by atomic mass is 19.1. The molecular formula is C13H16F2N2. The fourth-order valence-electron chi connectivity index (χ4n) is 2.77. The Bertz CT molecular complexity index is 417. The largest absolute Gasteiger partial charge is 0.323 e. The van der Waals surface area contributed by atoms with Crippen LogP contribution in [0.2, 0.25) is 0 Å². The van der Waals surface area contributed by atoms with Gasteiger partial charge in [0.05, 0.1) is 0 Å². The first-order chi connectivity index (χ1) is 8.05. The van der Waals surface area contributed by atoms with E-state index in [1.165, 1.54) is 25.0 Å². The molecule has 17 heavy (non-hydrogen) atoms. The predicted molar refractivity (Wildman–Crippen MR) is 61.3 cm³/mol. The zero-order valence-electron chi connectivity index (χ0n) is 9.63. The molecule has 0 aromatic heterocycles. The Labute approximate surface area is 99.4 Å². The molecule has 1 heterocycles. The van der Waals surface area contributed by atoms with Crippen LogP contribution in [0, 0.1) is 17.6 Å². The van der Waals surface area contributed by atoms with Crippen molar-refractivity contribution >= 4 is 0 Å². The van der Waals surface area contributed by atoms with Gasteiger partial charge in [-0.25, -0.2) is 8.78 Å². The molecule has 0 amide bonds. The molecule has 1 aromatic rings. The first-order valence-corrected chi connectivity index (χ1v) is 6.01. The minimum Gasteiger partial charge on any atom is -0.323 e. The van der Waals surface area contributed by atoms with Gasteiger partial charge in [-0.3, -0.25) is 4.90 Å². The second kappa shape index (κ2) is 3.75. The Morgan fingerprint density at radius 2 is 1.76 bits per heavy atom. The van der Waals surface area contributed by atoms with Crippen LogP contribution >= 0.6 is 0 Å². The molecule has 1 saturated carbocycles. The second-order valence-corrected chi connectivity index (χ2v) is 5.43. The van der Waals surface area contributed by atoms with Gasteiger partial charge in [0.1, 0.15) is 11.6 Å². The number of nitrogens with zero attached hydrogens (tertiary/aromatic N) is 1. The van der Waals surface area contributed by atoms with E-state index in [2.05, 4.69) is 4.90 Å². The van der Waals surface area contributed by atoms with Gasteiger partial charge in [-0.15, -0.1) is 0 Å². The molecule has 3 rings (SSSR count). The summed E-state index contributed by atoms with van der Waals surface area (Å²) in [4.78, 5) is 2.15. The van der Waals surface area contributed by atoms with Crippen molar-refractivity contribution in [1.29, 1.82) is 0 Å². The van der Waals surface area contributed by atoms with Crippen LogP contribution < -0.4 is 5.73 Å². The molecule has 0 spiro atoms. The predicted octanol–water partition coefficient (Wildman–Crippen LogP) is 1.89. The minimum atomic E-state index is -0.512. The molecule has 0 radical (unpaired) electrons. The van der Waals surface area contributed by atoms with Crippen molar-refractivity contribution in [2.45, 2.75) is 24.9 Å². The molecule has 2 aliphatic rings. The number of hydrogen-bond donors (Lipinski definition) is 1.